The zero-order valence-corrected chi connectivity index (χ0v) is 13.2. The molecule has 114 valence electrons. The van der Waals surface area contributed by atoms with Crippen molar-refractivity contribution in [2.24, 2.45) is 0 Å². The lowest BCUT2D eigenvalue weighted by Gasteiger charge is -2.28. The molecule has 2 rings (SSSR count). The van der Waals surface area contributed by atoms with Crippen molar-refractivity contribution in [1.29, 1.82) is 0 Å². The van der Waals surface area contributed by atoms with Crippen molar-refractivity contribution in [3.05, 3.63) is 51.3 Å². The van der Waals surface area contributed by atoms with Gasteiger partial charge in [-0.15, -0.1) is 0 Å². The van der Waals surface area contributed by atoms with E-state index in [1.807, 2.05) is 0 Å². The van der Waals surface area contributed by atoms with Crippen LogP contribution in [0.15, 0.2) is 39.3 Å². The monoisotopic (exact) mass is 328 g/mol. The van der Waals surface area contributed by atoms with Gasteiger partial charge in [-0.05, 0) is 19.4 Å². The molecule has 6 nitrogen and oxygen atoms in total. The summed E-state index contributed by atoms with van der Waals surface area (Å²) < 4.78 is 27.3. The lowest BCUT2D eigenvalue weighted by molar-refractivity contribution is 0.196. The van der Waals surface area contributed by atoms with Crippen molar-refractivity contribution < 1.29 is 13.5 Å². The zero-order valence-electron chi connectivity index (χ0n) is 11.6. The number of rotatable bonds is 5. The molecule has 1 unspecified atom stereocenters. The van der Waals surface area contributed by atoms with Gasteiger partial charge in [-0.3, -0.25) is 4.79 Å². The minimum Gasteiger partial charge on any atom is -0.394 e. The Morgan fingerprint density at radius 1 is 1.33 bits per heavy atom. The third-order valence-corrected chi connectivity index (χ3v) is 6.31. The number of aromatic nitrogens is 1. The summed E-state index contributed by atoms with van der Waals surface area (Å²) in [6, 6.07) is 8.78. The summed E-state index contributed by atoms with van der Waals surface area (Å²) in [5, 5.41) is 9.63. The average Bonchev–Trinajstić information content (AvgIpc) is 2.79. The molecular formula is C13H16N2O4S2. The van der Waals surface area contributed by atoms with Gasteiger partial charge in [0.25, 0.3) is 10.0 Å². The van der Waals surface area contributed by atoms with Gasteiger partial charge >= 0.3 is 4.87 Å². The maximum absolute atomic E-state index is 12.4. The third kappa shape index (κ3) is 3.24. The SMILES string of the molecule is Cc1[nH]c(=O)sc1S(=O)(=O)NC(C)(CO)c1ccccc1. The van der Waals surface area contributed by atoms with Gasteiger partial charge in [-0.25, -0.2) is 8.42 Å². The van der Waals surface area contributed by atoms with E-state index < -0.39 is 27.0 Å². The van der Waals surface area contributed by atoms with Gasteiger partial charge in [-0.2, -0.15) is 4.72 Å². The first-order valence-corrected chi connectivity index (χ1v) is 8.48. The molecule has 3 N–H and O–H groups in total. The molecule has 0 aliphatic rings. The minimum absolute atomic E-state index is 0.0666. The van der Waals surface area contributed by atoms with E-state index in [-0.39, 0.29) is 9.90 Å². The second-order valence-electron chi connectivity index (χ2n) is 4.89. The van der Waals surface area contributed by atoms with Crippen LogP contribution in [0.1, 0.15) is 18.2 Å². The molecule has 1 aromatic heterocycles. The summed E-state index contributed by atoms with van der Waals surface area (Å²) in [7, 11) is -3.91. The lowest BCUT2D eigenvalue weighted by atomic mass is 9.94. The van der Waals surface area contributed by atoms with Crippen molar-refractivity contribution in [2.45, 2.75) is 23.6 Å². The smallest absolute Gasteiger partial charge is 0.305 e. The number of aliphatic hydroxyl groups is 1. The number of aliphatic hydroxyl groups excluding tert-OH is 1. The quantitative estimate of drug-likeness (QED) is 0.760. The zero-order chi connectivity index (χ0) is 15.7. The van der Waals surface area contributed by atoms with Gasteiger partial charge in [0.15, 0.2) is 4.21 Å². The van der Waals surface area contributed by atoms with Crippen LogP contribution >= 0.6 is 11.3 Å². The predicted molar refractivity (Wildman–Crippen MR) is 80.9 cm³/mol. The normalized spacial score (nSPS) is 14.8. The predicted octanol–water partition coefficient (Wildman–Crippen LogP) is 0.931. The molecule has 1 aromatic carbocycles. The molecule has 0 aliphatic heterocycles. The lowest BCUT2D eigenvalue weighted by Crippen LogP contribution is -2.46. The highest BCUT2D eigenvalue weighted by molar-refractivity contribution is 7.91. The van der Waals surface area contributed by atoms with Gasteiger partial charge in [-0.1, -0.05) is 41.7 Å². The highest BCUT2D eigenvalue weighted by Crippen LogP contribution is 2.25. The van der Waals surface area contributed by atoms with Crippen molar-refractivity contribution in [1.82, 2.24) is 9.71 Å². The first-order valence-electron chi connectivity index (χ1n) is 6.18. The molecular weight excluding hydrogens is 312 g/mol. The fourth-order valence-electron chi connectivity index (χ4n) is 1.98. The number of thiazole rings is 1. The Labute approximate surface area is 126 Å². The van der Waals surface area contributed by atoms with Crippen molar-refractivity contribution >= 4 is 21.4 Å². The molecule has 0 bridgehead atoms. The molecule has 0 spiro atoms. The second-order valence-corrected chi connectivity index (χ2v) is 7.75. The Bertz CT molecular complexity index is 780. The number of aromatic amines is 1. The molecule has 0 fully saturated rings. The molecule has 0 saturated heterocycles. The van der Waals surface area contributed by atoms with Crippen LogP contribution in [-0.2, 0) is 15.6 Å². The first kappa shape index (κ1) is 15.9. The van der Waals surface area contributed by atoms with Crippen LogP contribution < -0.4 is 9.60 Å². The highest BCUT2D eigenvalue weighted by Gasteiger charge is 2.33. The standard InChI is InChI=1S/C13H16N2O4S2/c1-9-11(20-12(17)14-9)21(18,19)15-13(2,8-16)10-6-4-3-5-7-10/h3-7,15-16H,8H2,1-2H3,(H,14,17). The van der Waals surface area contributed by atoms with Crippen LogP contribution in [0, 0.1) is 6.92 Å². The fourth-order valence-corrected chi connectivity index (χ4v) is 4.67. The van der Waals surface area contributed by atoms with E-state index in [1.165, 1.54) is 6.92 Å². The first-order chi connectivity index (χ1) is 9.78. The van der Waals surface area contributed by atoms with E-state index in [4.69, 9.17) is 0 Å². The summed E-state index contributed by atoms with van der Waals surface area (Å²) in [4.78, 5) is 13.3. The van der Waals surface area contributed by atoms with Gasteiger partial charge in [0.1, 0.15) is 0 Å². The minimum atomic E-state index is -3.91. The van der Waals surface area contributed by atoms with Gasteiger partial charge in [0, 0.05) is 5.69 Å². The van der Waals surface area contributed by atoms with Crippen molar-refractivity contribution in [3.63, 3.8) is 0 Å². The molecule has 0 amide bonds. The van der Waals surface area contributed by atoms with Gasteiger partial charge < -0.3 is 10.1 Å². The molecule has 1 heterocycles. The summed E-state index contributed by atoms with van der Waals surface area (Å²) in [5.74, 6) is 0. The summed E-state index contributed by atoms with van der Waals surface area (Å²) in [5.41, 5.74) is -0.248. The van der Waals surface area contributed by atoms with E-state index in [0.29, 0.717) is 16.9 Å². The van der Waals surface area contributed by atoms with Crippen molar-refractivity contribution in [3.8, 4) is 0 Å². The second kappa shape index (κ2) is 5.72. The summed E-state index contributed by atoms with van der Waals surface area (Å²) in [6.07, 6.45) is 0. The molecule has 0 saturated carbocycles. The number of H-pyrrole nitrogens is 1. The Morgan fingerprint density at radius 3 is 2.43 bits per heavy atom. The van der Waals surface area contributed by atoms with Crippen LogP contribution in [0.2, 0.25) is 0 Å². The number of nitrogens with one attached hydrogen (secondary N) is 2. The Balaban J connectivity index is 2.43. The number of benzene rings is 1. The van der Waals surface area contributed by atoms with Crippen molar-refractivity contribution in [2.75, 3.05) is 6.61 Å². The van der Waals surface area contributed by atoms with E-state index in [0.717, 1.165) is 0 Å². The third-order valence-electron chi connectivity index (χ3n) is 3.11. The molecule has 0 aliphatic carbocycles. The van der Waals surface area contributed by atoms with Crippen LogP contribution in [-0.4, -0.2) is 25.1 Å². The average molecular weight is 328 g/mol. The number of aryl methyl sites for hydroxylation is 1. The van der Waals surface area contributed by atoms with Gasteiger partial charge in [0.05, 0.1) is 12.1 Å². The highest BCUT2D eigenvalue weighted by atomic mass is 32.2. The molecule has 2 aromatic rings. The fraction of sp³-hybridized carbons (Fsp3) is 0.308. The molecule has 0 radical (unpaired) electrons. The number of hydrogen-bond donors (Lipinski definition) is 3. The van der Waals surface area contributed by atoms with E-state index in [1.54, 1.807) is 37.3 Å². The largest absolute Gasteiger partial charge is 0.394 e. The van der Waals surface area contributed by atoms with Crippen LogP contribution in [0.4, 0.5) is 0 Å². The maximum Gasteiger partial charge on any atom is 0.305 e. The Morgan fingerprint density at radius 2 is 1.95 bits per heavy atom. The van der Waals surface area contributed by atoms with Crippen LogP contribution in [0.3, 0.4) is 0 Å². The number of hydrogen-bond acceptors (Lipinski definition) is 5. The van der Waals surface area contributed by atoms with E-state index in [9.17, 15) is 18.3 Å². The van der Waals surface area contributed by atoms with E-state index >= 15 is 0 Å². The number of sulfonamides is 1. The summed E-state index contributed by atoms with van der Waals surface area (Å²) >= 11 is 0.624. The molecule has 21 heavy (non-hydrogen) atoms. The topological polar surface area (TPSA) is 99.3 Å². The van der Waals surface area contributed by atoms with Crippen LogP contribution in [0.5, 0.6) is 0 Å². The summed E-state index contributed by atoms with van der Waals surface area (Å²) in [6.45, 7) is 2.70. The van der Waals surface area contributed by atoms with Crippen LogP contribution in [0.25, 0.3) is 0 Å². The molecule has 1 atom stereocenters. The van der Waals surface area contributed by atoms with E-state index in [2.05, 4.69) is 9.71 Å². The maximum atomic E-state index is 12.4. The van der Waals surface area contributed by atoms with Gasteiger partial charge in [0.2, 0.25) is 0 Å². The Kier molecular flexibility index (Phi) is 4.33. The molecule has 8 heteroatoms. The Hall–Kier alpha value is -1.48.